The smallest absolute Gasteiger partial charge is 0.130 e. The zero-order valence-corrected chi connectivity index (χ0v) is 8.13. The van der Waals surface area contributed by atoms with Gasteiger partial charge in [-0.3, -0.25) is 0 Å². The van der Waals surface area contributed by atoms with Gasteiger partial charge in [-0.1, -0.05) is 6.07 Å². The van der Waals surface area contributed by atoms with Crippen molar-refractivity contribution >= 4 is 15.9 Å². The van der Waals surface area contributed by atoms with Crippen LogP contribution in [0.5, 0.6) is 5.75 Å². The highest BCUT2D eigenvalue weighted by molar-refractivity contribution is 9.10. The van der Waals surface area contributed by atoms with Gasteiger partial charge in [0.15, 0.2) is 0 Å². The summed E-state index contributed by atoms with van der Waals surface area (Å²) in [5.74, 6) is 0.283. The second-order valence-electron chi connectivity index (χ2n) is 3.12. The fraction of sp³-hybridized carbons (Fsp3) is 0.333. The van der Waals surface area contributed by atoms with Crippen LogP contribution in [0.4, 0.5) is 0 Å². The van der Waals surface area contributed by atoms with Crippen molar-refractivity contribution in [2.24, 2.45) is 5.73 Å². The highest BCUT2D eigenvalue weighted by atomic mass is 79.9. The Hall–Kier alpha value is -0.540. The number of rotatable bonds is 0. The van der Waals surface area contributed by atoms with Crippen molar-refractivity contribution in [1.82, 2.24) is 0 Å². The van der Waals surface area contributed by atoms with E-state index in [2.05, 4.69) is 15.9 Å². The largest absolute Gasteiger partial charge is 0.507 e. The predicted octanol–water partition coefficient (Wildman–Crippen LogP) is 2.10. The minimum absolute atomic E-state index is 0.0847. The van der Waals surface area contributed by atoms with E-state index in [1.807, 2.05) is 6.07 Å². The van der Waals surface area contributed by atoms with Gasteiger partial charge in [0, 0.05) is 6.04 Å². The molecule has 2 nitrogen and oxygen atoms in total. The van der Waals surface area contributed by atoms with E-state index in [4.69, 9.17) is 5.73 Å². The molecule has 0 heterocycles. The minimum atomic E-state index is 0.0847. The van der Waals surface area contributed by atoms with Crippen LogP contribution in [0.25, 0.3) is 0 Å². The summed E-state index contributed by atoms with van der Waals surface area (Å²) >= 11 is 3.34. The highest BCUT2D eigenvalue weighted by Crippen LogP contribution is 2.39. The maximum atomic E-state index is 9.40. The Morgan fingerprint density at radius 3 is 3.00 bits per heavy atom. The lowest BCUT2D eigenvalue weighted by atomic mass is 10.1. The Balaban J connectivity index is 2.63. The number of phenols is 1. The standard InChI is InChI=1S/C9H10BrNO/c10-9-7(12)4-2-5-1-3-6(11)8(5)9/h2,4,6,12H,1,3,11H2. The van der Waals surface area contributed by atoms with E-state index in [0.29, 0.717) is 0 Å². The van der Waals surface area contributed by atoms with Crippen molar-refractivity contribution in [1.29, 1.82) is 0 Å². The SMILES string of the molecule is NC1CCc2ccc(O)c(Br)c21. The van der Waals surface area contributed by atoms with Crippen molar-refractivity contribution in [3.63, 3.8) is 0 Å². The van der Waals surface area contributed by atoms with E-state index >= 15 is 0 Å². The number of fused-ring (bicyclic) bond motifs is 1. The molecule has 0 bridgehead atoms. The zero-order chi connectivity index (χ0) is 8.72. The molecule has 0 saturated heterocycles. The summed E-state index contributed by atoms with van der Waals surface area (Å²) in [6, 6.07) is 3.74. The van der Waals surface area contributed by atoms with Gasteiger partial charge in [-0.05, 0) is 46.0 Å². The molecule has 1 aliphatic carbocycles. The van der Waals surface area contributed by atoms with Crippen LogP contribution in [0, 0.1) is 0 Å². The third kappa shape index (κ3) is 1.04. The van der Waals surface area contributed by atoms with Crippen LogP contribution in [0.15, 0.2) is 16.6 Å². The summed E-state index contributed by atoms with van der Waals surface area (Å²) in [6.07, 6.45) is 2.01. The summed E-state index contributed by atoms with van der Waals surface area (Å²) in [7, 11) is 0. The molecule has 1 aromatic rings. The Morgan fingerprint density at radius 1 is 1.50 bits per heavy atom. The number of phenolic OH excluding ortho intramolecular Hbond substituents is 1. The van der Waals surface area contributed by atoms with E-state index in [1.54, 1.807) is 6.07 Å². The first-order valence-corrected chi connectivity index (χ1v) is 4.75. The van der Waals surface area contributed by atoms with Crippen LogP contribution in [0.2, 0.25) is 0 Å². The Bertz CT molecular complexity index is 325. The number of benzene rings is 1. The molecule has 0 saturated carbocycles. The molecule has 0 spiro atoms. The van der Waals surface area contributed by atoms with Crippen LogP contribution in [0.1, 0.15) is 23.6 Å². The average Bonchev–Trinajstić information content (AvgIpc) is 2.41. The molecule has 64 valence electrons. The van der Waals surface area contributed by atoms with Crippen molar-refractivity contribution < 1.29 is 5.11 Å². The quantitative estimate of drug-likeness (QED) is 0.714. The minimum Gasteiger partial charge on any atom is -0.507 e. The molecule has 1 atom stereocenters. The number of halogens is 1. The van der Waals surface area contributed by atoms with Crippen LogP contribution in [0.3, 0.4) is 0 Å². The maximum absolute atomic E-state index is 9.40. The van der Waals surface area contributed by atoms with Crippen LogP contribution < -0.4 is 5.73 Å². The van der Waals surface area contributed by atoms with Gasteiger partial charge in [0.25, 0.3) is 0 Å². The van der Waals surface area contributed by atoms with Gasteiger partial charge in [-0.25, -0.2) is 0 Å². The number of hydrogen-bond donors (Lipinski definition) is 2. The van der Waals surface area contributed by atoms with Crippen molar-refractivity contribution in [2.45, 2.75) is 18.9 Å². The maximum Gasteiger partial charge on any atom is 0.130 e. The van der Waals surface area contributed by atoms with Gasteiger partial charge < -0.3 is 10.8 Å². The number of aromatic hydroxyl groups is 1. The van der Waals surface area contributed by atoms with Crippen molar-refractivity contribution in [3.8, 4) is 5.75 Å². The summed E-state index contributed by atoms with van der Waals surface area (Å²) in [5, 5.41) is 9.40. The van der Waals surface area contributed by atoms with Crippen LogP contribution in [-0.2, 0) is 6.42 Å². The van der Waals surface area contributed by atoms with Crippen molar-refractivity contribution in [2.75, 3.05) is 0 Å². The van der Waals surface area contributed by atoms with E-state index in [0.717, 1.165) is 22.9 Å². The van der Waals surface area contributed by atoms with Gasteiger partial charge in [0.2, 0.25) is 0 Å². The summed E-state index contributed by atoms with van der Waals surface area (Å²) in [4.78, 5) is 0. The molecule has 3 N–H and O–H groups in total. The molecule has 1 aromatic carbocycles. The first-order chi connectivity index (χ1) is 5.70. The molecule has 1 unspecified atom stereocenters. The third-order valence-electron chi connectivity index (χ3n) is 2.35. The van der Waals surface area contributed by atoms with Gasteiger partial charge >= 0.3 is 0 Å². The van der Waals surface area contributed by atoms with E-state index in [9.17, 15) is 5.11 Å². The van der Waals surface area contributed by atoms with Crippen LogP contribution >= 0.6 is 15.9 Å². The Morgan fingerprint density at radius 2 is 2.25 bits per heavy atom. The average molecular weight is 228 g/mol. The fourth-order valence-corrected chi connectivity index (χ4v) is 2.38. The van der Waals surface area contributed by atoms with E-state index in [-0.39, 0.29) is 11.8 Å². The normalized spacial score (nSPS) is 21.0. The predicted molar refractivity (Wildman–Crippen MR) is 51.1 cm³/mol. The van der Waals surface area contributed by atoms with E-state index in [1.165, 1.54) is 5.56 Å². The molecule has 1 aliphatic rings. The first kappa shape index (κ1) is 8.08. The molecule has 0 aliphatic heterocycles. The second kappa shape index (κ2) is 2.75. The lowest BCUT2D eigenvalue weighted by molar-refractivity contribution is 0.470. The molecule has 3 heteroatoms. The zero-order valence-electron chi connectivity index (χ0n) is 6.55. The van der Waals surface area contributed by atoms with Gasteiger partial charge in [-0.15, -0.1) is 0 Å². The lowest BCUT2D eigenvalue weighted by Gasteiger charge is -2.08. The Kier molecular flexibility index (Phi) is 1.85. The monoisotopic (exact) mass is 227 g/mol. The molecule has 0 amide bonds. The number of aryl methyl sites for hydroxylation is 1. The van der Waals surface area contributed by atoms with Gasteiger partial charge in [0.05, 0.1) is 4.47 Å². The molecule has 2 rings (SSSR count). The van der Waals surface area contributed by atoms with Gasteiger partial charge in [-0.2, -0.15) is 0 Å². The molecule has 0 radical (unpaired) electrons. The Labute approximate surface area is 79.5 Å². The summed E-state index contributed by atoms with van der Waals surface area (Å²) in [5.41, 5.74) is 8.21. The molecule has 0 aromatic heterocycles. The first-order valence-electron chi connectivity index (χ1n) is 3.96. The van der Waals surface area contributed by atoms with Crippen LogP contribution in [-0.4, -0.2) is 5.11 Å². The molecular formula is C9H10BrNO. The second-order valence-corrected chi connectivity index (χ2v) is 3.91. The van der Waals surface area contributed by atoms with E-state index < -0.39 is 0 Å². The number of hydrogen-bond acceptors (Lipinski definition) is 2. The third-order valence-corrected chi connectivity index (χ3v) is 3.18. The summed E-state index contributed by atoms with van der Waals surface area (Å²) in [6.45, 7) is 0. The highest BCUT2D eigenvalue weighted by Gasteiger charge is 2.22. The molecule has 0 fully saturated rings. The topological polar surface area (TPSA) is 46.2 Å². The molecular weight excluding hydrogens is 218 g/mol. The van der Waals surface area contributed by atoms with Gasteiger partial charge in [0.1, 0.15) is 5.75 Å². The fourth-order valence-electron chi connectivity index (χ4n) is 1.70. The lowest BCUT2D eigenvalue weighted by Crippen LogP contribution is -2.05. The number of nitrogens with two attached hydrogens (primary N) is 1. The summed E-state index contributed by atoms with van der Waals surface area (Å²) < 4.78 is 0.769. The van der Waals surface area contributed by atoms with Crippen molar-refractivity contribution in [3.05, 3.63) is 27.7 Å². The molecule has 12 heavy (non-hydrogen) atoms.